The summed E-state index contributed by atoms with van der Waals surface area (Å²) in [6, 6.07) is -4.86. The summed E-state index contributed by atoms with van der Waals surface area (Å²) >= 11 is 0. The summed E-state index contributed by atoms with van der Waals surface area (Å²) in [7, 11) is 0. The second-order valence-corrected chi connectivity index (χ2v) is 13.6. The molecule has 0 saturated carbocycles. The molecule has 1 aromatic carbocycles. The van der Waals surface area contributed by atoms with E-state index >= 15 is 0 Å². The van der Waals surface area contributed by atoms with Gasteiger partial charge in [-0.3, -0.25) is 48.1 Å². The predicted molar refractivity (Wildman–Crippen MR) is 206 cm³/mol. The molecule has 1 rings (SSSR count). The van der Waals surface area contributed by atoms with E-state index in [-0.39, 0.29) is 37.5 Å². The molecule has 0 aliphatic heterocycles. The molecule has 0 fully saturated rings. The SMILES string of the molecule is CC(C)[C@H](NC(=O)[C@H](CC(=O)O)NC(=O)[C@H](CCC(=O)O)NC(=O)[C@H](CCCN=C(N)N)NC(=O)CN)C(=O)N[C@@H](CC(=O)O)C(=O)N[C@@H](Cc1ccc(O)cc1)C(=O)O. The molecule has 0 aliphatic carbocycles. The number of nitrogens with two attached hydrogens (primary N) is 3. The van der Waals surface area contributed by atoms with Crippen molar-refractivity contribution in [2.24, 2.45) is 28.1 Å². The molecular weight excluding hydrogens is 800 g/mol. The van der Waals surface area contributed by atoms with E-state index in [4.69, 9.17) is 17.2 Å². The molecule has 0 bridgehead atoms. The molecule has 60 heavy (non-hydrogen) atoms. The Bertz CT molecular complexity index is 1750. The third kappa shape index (κ3) is 19.4. The Hall–Kier alpha value is -7.05. The van der Waals surface area contributed by atoms with E-state index in [0.29, 0.717) is 5.56 Å². The number of benzene rings is 1. The molecule has 0 aromatic heterocycles. The number of amides is 6. The van der Waals surface area contributed by atoms with Crippen LogP contribution in [-0.4, -0.2) is 140 Å². The zero-order chi connectivity index (χ0) is 45.7. The maximum absolute atomic E-state index is 13.5. The van der Waals surface area contributed by atoms with Gasteiger partial charge in [0.15, 0.2) is 5.96 Å². The Morgan fingerprint density at radius 2 is 1.08 bits per heavy atom. The van der Waals surface area contributed by atoms with Gasteiger partial charge in [-0.25, -0.2) is 4.79 Å². The first-order valence-electron chi connectivity index (χ1n) is 18.3. The van der Waals surface area contributed by atoms with Gasteiger partial charge in [-0.15, -0.1) is 0 Å². The van der Waals surface area contributed by atoms with E-state index < -0.39 is 134 Å². The second kappa shape index (κ2) is 25.3. The lowest BCUT2D eigenvalue weighted by Crippen LogP contribution is -2.61. The number of aliphatic carboxylic acids is 4. The van der Waals surface area contributed by atoms with Gasteiger partial charge in [0.1, 0.15) is 42.0 Å². The van der Waals surface area contributed by atoms with Crippen LogP contribution >= 0.6 is 0 Å². The number of nitrogens with zero attached hydrogens (tertiary/aromatic N) is 1. The van der Waals surface area contributed by atoms with Gasteiger partial charge in [0.25, 0.3) is 0 Å². The molecule has 1 aromatic rings. The number of rotatable bonds is 27. The normalized spacial score (nSPS) is 13.7. The van der Waals surface area contributed by atoms with Gasteiger partial charge in [-0.2, -0.15) is 0 Å². The third-order valence-electron chi connectivity index (χ3n) is 8.32. The predicted octanol–water partition coefficient (Wildman–Crippen LogP) is -4.59. The third-order valence-corrected chi connectivity index (χ3v) is 8.32. The second-order valence-electron chi connectivity index (χ2n) is 13.6. The molecule has 25 nitrogen and oxygen atoms in total. The zero-order valence-corrected chi connectivity index (χ0v) is 32.7. The fraction of sp³-hybridized carbons (Fsp3) is 0.514. The molecule has 17 N–H and O–H groups in total. The molecule has 0 spiro atoms. The van der Waals surface area contributed by atoms with E-state index in [2.05, 4.69) is 36.9 Å². The Labute approximate surface area is 342 Å². The molecular formula is C35H52N10O15. The largest absolute Gasteiger partial charge is 0.508 e. The first-order chi connectivity index (χ1) is 28.0. The first kappa shape index (κ1) is 51.0. The van der Waals surface area contributed by atoms with Gasteiger partial charge < -0.3 is 74.6 Å². The Morgan fingerprint density at radius 1 is 0.617 bits per heavy atom. The Balaban J connectivity index is 3.30. The van der Waals surface area contributed by atoms with Crippen LogP contribution in [0.3, 0.4) is 0 Å². The highest BCUT2D eigenvalue weighted by Gasteiger charge is 2.36. The first-order valence-corrected chi connectivity index (χ1v) is 18.3. The van der Waals surface area contributed by atoms with Crippen LogP contribution in [-0.2, 0) is 54.4 Å². The van der Waals surface area contributed by atoms with Gasteiger partial charge >= 0.3 is 23.9 Å². The summed E-state index contributed by atoms with van der Waals surface area (Å²) in [4.78, 5) is 130. The van der Waals surface area contributed by atoms with Crippen molar-refractivity contribution in [3.05, 3.63) is 29.8 Å². The highest BCUT2D eigenvalue weighted by Crippen LogP contribution is 2.13. The number of aromatic hydroxyl groups is 1. The van der Waals surface area contributed by atoms with Crippen LogP contribution in [0.4, 0.5) is 0 Å². The molecule has 0 aliphatic rings. The number of carboxylic acids is 4. The maximum atomic E-state index is 13.5. The average molecular weight is 853 g/mol. The van der Waals surface area contributed by atoms with Crippen LogP contribution in [0.1, 0.15) is 57.9 Å². The van der Waals surface area contributed by atoms with E-state index in [1.807, 2.05) is 0 Å². The molecule has 6 amide bonds. The van der Waals surface area contributed by atoms with Gasteiger partial charge in [0.05, 0.1) is 19.4 Å². The lowest BCUT2D eigenvalue weighted by atomic mass is 10.0. The maximum Gasteiger partial charge on any atom is 0.326 e. The fourth-order valence-corrected chi connectivity index (χ4v) is 5.27. The van der Waals surface area contributed by atoms with Crippen molar-refractivity contribution >= 4 is 65.3 Å². The van der Waals surface area contributed by atoms with Crippen molar-refractivity contribution in [2.45, 2.75) is 95.0 Å². The summed E-state index contributed by atoms with van der Waals surface area (Å²) in [5.41, 5.74) is 16.3. The fourth-order valence-electron chi connectivity index (χ4n) is 5.27. The Kier molecular flexibility index (Phi) is 21.5. The smallest absolute Gasteiger partial charge is 0.326 e. The monoisotopic (exact) mass is 852 g/mol. The van der Waals surface area contributed by atoms with Crippen LogP contribution in [0.25, 0.3) is 0 Å². The van der Waals surface area contributed by atoms with E-state index in [9.17, 15) is 73.5 Å². The van der Waals surface area contributed by atoms with Crippen molar-refractivity contribution in [2.75, 3.05) is 13.1 Å². The van der Waals surface area contributed by atoms with Gasteiger partial charge in [-0.1, -0.05) is 26.0 Å². The Morgan fingerprint density at radius 3 is 1.55 bits per heavy atom. The molecule has 0 saturated heterocycles. The summed E-state index contributed by atoms with van der Waals surface area (Å²) in [5.74, 6) is -14.0. The number of carboxylic acid groups (broad SMARTS) is 4. The topological polar surface area (TPSA) is 434 Å². The number of phenolic OH excluding ortho intramolecular Hbond substituents is 1. The van der Waals surface area contributed by atoms with Crippen LogP contribution < -0.4 is 49.1 Å². The number of hydrogen-bond acceptors (Lipinski definition) is 13. The number of carbonyl (C=O) groups excluding carboxylic acids is 6. The van der Waals surface area contributed by atoms with Gasteiger partial charge in [0, 0.05) is 19.4 Å². The van der Waals surface area contributed by atoms with Crippen LogP contribution in [0.15, 0.2) is 29.3 Å². The van der Waals surface area contributed by atoms with Gasteiger partial charge in [0.2, 0.25) is 35.4 Å². The minimum atomic E-state index is -1.98. The lowest BCUT2D eigenvalue weighted by Gasteiger charge is -2.28. The molecule has 6 atom stereocenters. The summed E-state index contributed by atoms with van der Waals surface area (Å²) < 4.78 is 0. The van der Waals surface area contributed by atoms with Crippen LogP contribution in [0, 0.1) is 5.92 Å². The van der Waals surface area contributed by atoms with Crippen LogP contribution in [0.5, 0.6) is 5.75 Å². The van der Waals surface area contributed by atoms with E-state index in [0.717, 1.165) is 0 Å². The number of guanidine groups is 1. The zero-order valence-electron chi connectivity index (χ0n) is 32.7. The highest BCUT2D eigenvalue weighted by molar-refractivity contribution is 5.98. The van der Waals surface area contributed by atoms with Crippen molar-refractivity contribution in [3.8, 4) is 5.75 Å². The summed E-state index contributed by atoms with van der Waals surface area (Å²) in [6.45, 7) is 2.33. The highest BCUT2D eigenvalue weighted by atomic mass is 16.4. The number of phenols is 1. The van der Waals surface area contributed by atoms with Crippen molar-refractivity contribution < 1.29 is 73.5 Å². The van der Waals surface area contributed by atoms with E-state index in [1.165, 1.54) is 38.1 Å². The molecule has 0 unspecified atom stereocenters. The standard InChI is InChI=1S/C35H52N10O15/c1-16(2)28(33(58)43-21(13-26(50)51)31(56)44-23(34(59)60)12-17-5-7-18(46)8-6-17)45-32(57)22(14-27(52)53)42-30(55)20(9-10-25(48)49)41-29(54)19(40-24(47)15-36)4-3-11-39-35(37)38/h5-8,16,19-23,28,46H,3-4,9-15,36H2,1-2H3,(H,40,47)(H,41,54)(H,42,55)(H,43,58)(H,44,56)(H,45,57)(H,48,49)(H,50,51)(H,52,53)(H,59,60)(H4,37,38,39)/t19-,20-,21-,22-,23-,28-/m0/s1. The lowest BCUT2D eigenvalue weighted by molar-refractivity contribution is -0.143. The van der Waals surface area contributed by atoms with Crippen LogP contribution in [0.2, 0.25) is 0 Å². The number of hydrogen-bond donors (Lipinski definition) is 14. The summed E-state index contributed by atoms with van der Waals surface area (Å²) in [5, 5.41) is 60.8. The number of aliphatic imine (C=N–C) groups is 1. The van der Waals surface area contributed by atoms with Crippen molar-refractivity contribution in [1.82, 2.24) is 31.9 Å². The minimum Gasteiger partial charge on any atom is -0.508 e. The number of nitrogens with one attached hydrogen (secondary N) is 6. The molecule has 25 heteroatoms. The quantitative estimate of drug-likeness (QED) is 0.0225. The summed E-state index contributed by atoms with van der Waals surface area (Å²) in [6.07, 6.45) is -3.68. The average Bonchev–Trinajstić information content (AvgIpc) is 3.15. The molecule has 332 valence electrons. The molecule has 0 heterocycles. The van der Waals surface area contributed by atoms with E-state index in [1.54, 1.807) is 0 Å². The van der Waals surface area contributed by atoms with Crippen molar-refractivity contribution in [1.29, 1.82) is 0 Å². The molecule has 0 radical (unpaired) electrons. The van der Waals surface area contributed by atoms with Crippen molar-refractivity contribution in [3.63, 3.8) is 0 Å². The van der Waals surface area contributed by atoms with Gasteiger partial charge in [-0.05, 0) is 42.9 Å². The number of carbonyl (C=O) groups is 10. The minimum absolute atomic E-state index is 0.0373.